The van der Waals surface area contributed by atoms with Crippen LogP contribution in [-0.2, 0) is 19.1 Å². The largest absolute Gasteiger partial charge is 0.486 e. The van der Waals surface area contributed by atoms with Crippen molar-refractivity contribution in [3.05, 3.63) is 0 Å². The molecule has 0 aromatic rings. The van der Waals surface area contributed by atoms with Gasteiger partial charge in [0, 0.05) is 13.8 Å². The van der Waals surface area contributed by atoms with Crippen molar-refractivity contribution < 1.29 is 54.2 Å². The summed E-state index contributed by atoms with van der Waals surface area (Å²) in [6.45, 7) is 0.325. The highest BCUT2D eigenvalue weighted by atomic mass is 19.4. The molecule has 12 heteroatoms. The van der Waals surface area contributed by atoms with Gasteiger partial charge in [0.2, 0.25) is 0 Å². The minimum atomic E-state index is -6.70. The van der Waals surface area contributed by atoms with E-state index in [1.54, 1.807) is 0 Å². The van der Waals surface area contributed by atoms with Gasteiger partial charge in [0.15, 0.2) is 6.17 Å². The van der Waals surface area contributed by atoms with Gasteiger partial charge in [0.25, 0.3) is 0 Å². The van der Waals surface area contributed by atoms with Crippen LogP contribution in [-0.4, -0.2) is 41.9 Å². The van der Waals surface area contributed by atoms with Crippen LogP contribution in [0.5, 0.6) is 0 Å². The molecule has 0 saturated carbocycles. The number of ether oxygens (including phenoxy) is 2. The number of halogens is 8. The predicted molar refractivity (Wildman–Crippen MR) is 52.8 cm³/mol. The second-order valence-electron chi connectivity index (χ2n) is 4.11. The van der Waals surface area contributed by atoms with E-state index < -0.39 is 41.9 Å². The van der Waals surface area contributed by atoms with Gasteiger partial charge in [-0.05, 0) is 6.92 Å². The smallest absolute Gasteiger partial charge is 0.390 e. The highest BCUT2D eigenvalue weighted by Crippen LogP contribution is 2.54. The summed E-state index contributed by atoms with van der Waals surface area (Å²) in [7, 11) is 0. The molecule has 0 bridgehead atoms. The number of hydrogen-bond acceptors (Lipinski definition) is 4. The standard InChI is InChI=1S/C10H10F8O4/c1-4(11)7(12,13)8(14,15)9(16,17)10(18,21-5(2)19)22-6(3)20/h4H,1-3H3. The van der Waals surface area contributed by atoms with Crippen LogP contribution in [0.3, 0.4) is 0 Å². The molecule has 0 aliphatic heterocycles. The van der Waals surface area contributed by atoms with Gasteiger partial charge in [-0.1, -0.05) is 0 Å². The van der Waals surface area contributed by atoms with E-state index in [0.717, 1.165) is 0 Å². The Morgan fingerprint density at radius 2 is 1.14 bits per heavy atom. The fraction of sp³-hybridized carbons (Fsp3) is 0.800. The molecule has 0 amide bonds. The molecule has 4 nitrogen and oxygen atoms in total. The summed E-state index contributed by atoms with van der Waals surface area (Å²) in [6.07, 6.45) is -3.83. The Bertz CT molecular complexity index is 432. The fourth-order valence-electron chi connectivity index (χ4n) is 1.17. The molecule has 0 aromatic carbocycles. The first kappa shape index (κ1) is 20.4. The average Bonchev–Trinajstić information content (AvgIpc) is 2.25. The fourth-order valence-corrected chi connectivity index (χ4v) is 1.17. The normalized spacial score (nSPS) is 15.2. The second-order valence-corrected chi connectivity index (χ2v) is 4.11. The van der Waals surface area contributed by atoms with E-state index in [1.165, 1.54) is 0 Å². The van der Waals surface area contributed by atoms with E-state index in [1.807, 2.05) is 0 Å². The number of rotatable bonds is 6. The molecule has 0 aliphatic carbocycles. The van der Waals surface area contributed by atoms with Crippen molar-refractivity contribution in [2.24, 2.45) is 0 Å². The van der Waals surface area contributed by atoms with Crippen molar-refractivity contribution in [3.8, 4) is 0 Å². The third-order valence-electron chi connectivity index (χ3n) is 2.24. The molecule has 0 N–H and O–H groups in total. The maximum absolute atomic E-state index is 13.8. The van der Waals surface area contributed by atoms with Crippen molar-refractivity contribution in [3.63, 3.8) is 0 Å². The zero-order valence-corrected chi connectivity index (χ0v) is 11.2. The topological polar surface area (TPSA) is 52.6 Å². The van der Waals surface area contributed by atoms with Crippen LogP contribution in [0, 0.1) is 0 Å². The molecular weight excluding hydrogens is 336 g/mol. The van der Waals surface area contributed by atoms with Crippen molar-refractivity contribution in [1.29, 1.82) is 0 Å². The number of hydrogen-bond donors (Lipinski definition) is 0. The van der Waals surface area contributed by atoms with Gasteiger partial charge in [-0.15, -0.1) is 0 Å². The van der Waals surface area contributed by atoms with Crippen LogP contribution in [0.1, 0.15) is 20.8 Å². The molecule has 0 spiro atoms. The van der Waals surface area contributed by atoms with E-state index in [9.17, 15) is 44.7 Å². The Labute approximate surface area is 118 Å². The van der Waals surface area contributed by atoms with E-state index >= 15 is 0 Å². The van der Waals surface area contributed by atoms with E-state index in [0.29, 0.717) is 0 Å². The van der Waals surface area contributed by atoms with Crippen LogP contribution in [0.25, 0.3) is 0 Å². The third kappa shape index (κ3) is 3.24. The monoisotopic (exact) mass is 346 g/mol. The highest BCUT2D eigenvalue weighted by Gasteiger charge is 2.84. The molecule has 0 radical (unpaired) electrons. The van der Waals surface area contributed by atoms with Gasteiger partial charge in [0.05, 0.1) is 0 Å². The highest BCUT2D eigenvalue weighted by molar-refractivity contribution is 5.68. The van der Waals surface area contributed by atoms with Gasteiger partial charge in [-0.3, -0.25) is 9.59 Å². The first-order valence-electron chi connectivity index (χ1n) is 5.38. The lowest BCUT2D eigenvalue weighted by molar-refractivity contribution is -0.441. The Morgan fingerprint density at radius 3 is 1.36 bits per heavy atom. The van der Waals surface area contributed by atoms with Crippen molar-refractivity contribution in [1.82, 2.24) is 0 Å². The Morgan fingerprint density at radius 1 is 0.818 bits per heavy atom. The van der Waals surface area contributed by atoms with Gasteiger partial charge in [0.1, 0.15) is 0 Å². The van der Waals surface area contributed by atoms with Gasteiger partial charge < -0.3 is 9.47 Å². The molecule has 0 fully saturated rings. The summed E-state index contributed by atoms with van der Waals surface area (Å²) in [5.41, 5.74) is 0. The average molecular weight is 346 g/mol. The summed E-state index contributed by atoms with van der Waals surface area (Å²) in [6, 6.07) is -5.56. The van der Waals surface area contributed by atoms with Crippen LogP contribution >= 0.6 is 0 Å². The van der Waals surface area contributed by atoms with E-state index in [-0.39, 0.29) is 20.8 Å². The lowest BCUT2D eigenvalue weighted by Gasteiger charge is -2.38. The molecule has 1 unspecified atom stereocenters. The number of carbonyl (C=O) groups excluding carboxylic acids is 2. The molecule has 0 aromatic heterocycles. The summed E-state index contributed by atoms with van der Waals surface area (Å²) in [4.78, 5) is 21.0. The molecular formula is C10H10F8O4. The first-order chi connectivity index (χ1) is 9.53. The zero-order chi connectivity index (χ0) is 18.1. The van der Waals surface area contributed by atoms with Crippen LogP contribution in [0.2, 0.25) is 0 Å². The van der Waals surface area contributed by atoms with Crippen LogP contribution in [0.15, 0.2) is 0 Å². The zero-order valence-electron chi connectivity index (χ0n) is 11.2. The number of carbonyl (C=O) groups is 2. The minimum Gasteiger partial charge on any atom is -0.390 e. The molecule has 0 rings (SSSR count). The second kappa shape index (κ2) is 5.88. The first-order valence-corrected chi connectivity index (χ1v) is 5.38. The summed E-state index contributed by atoms with van der Waals surface area (Å²) in [5, 5.41) is 0. The predicted octanol–water partition coefficient (Wildman–Crippen LogP) is 3.00. The maximum atomic E-state index is 13.8. The minimum absolute atomic E-state index is 0.179. The molecule has 22 heavy (non-hydrogen) atoms. The molecule has 0 heterocycles. The lowest BCUT2D eigenvalue weighted by atomic mass is 9.99. The number of alkyl halides is 8. The lowest BCUT2D eigenvalue weighted by Crippen LogP contribution is -2.67. The quantitative estimate of drug-likeness (QED) is 0.422. The van der Waals surface area contributed by atoms with Gasteiger partial charge in [-0.2, -0.15) is 30.7 Å². The molecule has 0 aliphatic rings. The SMILES string of the molecule is CC(=O)OC(F)(OC(C)=O)C(F)(F)C(F)(F)C(F)(F)C(C)F. The Kier molecular flexibility index (Phi) is 5.44. The summed E-state index contributed by atoms with van der Waals surface area (Å²) < 4.78 is 112. The van der Waals surface area contributed by atoms with E-state index in [4.69, 9.17) is 0 Å². The number of esters is 2. The van der Waals surface area contributed by atoms with Crippen molar-refractivity contribution in [2.45, 2.75) is 50.8 Å². The summed E-state index contributed by atoms with van der Waals surface area (Å²) in [5.74, 6) is -23.3. The molecule has 0 saturated heterocycles. The van der Waals surface area contributed by atoms with Crippen molar-refractivity contribution in [2.75, 3.05) is 0 Å². The van der Waals surface area contributed by atoms with Gasteiger partial charge >= 0.3 is 35.7 Å². The Hall–Kier alpha value is -1.62. The maximum Gasteiger partial charge on any atom is 0.486 e. The summed E-state index contributed by atoms with van der Waals surface area (Å²) >= 11 is 0. The Balaban J connectivity index is 6.09. The molecule has 1 atom stereocenters. The van der Waals surface area contributed by atoms with Gasteiger partial charge in [-0.25, -0.2) is 4.39 Å². The molecule has 130 valence electrons. The third-order valence-corrected chi connectivity index (χ3v) is 2.24. The van der Waals surface area contributed by atoms with Crippen LogP contribution in [0.4, 0.5) is 35.1 Å². The van der Waals surface area contributed by atoms with E-state index in [2.05, 4.69) is 9.47 Å². The van der Waals surface area contributed by atoms with Crippen LogP contribution < -0.4 is 0 Å². The van der Waals surface area contributed by atoms with Crippen molar-refractivity contribution >= 4 is 11.9 Å².